The summed E-state index contributed by atoms with van der Waals surface area (Å²) in [6.07, 6.45) is 37.5. The van der Waals surface area contributed by atoms with Crippen molar-refractivity contribution in [1.82, 2.24) is 0 Å². The van der Waals surface area contributed by atoms with Crippen LogP contribution < -0.4 is 0 Å². The lowest BCUT2D eigenvalue weighted by Gasteiger charge is -2.61. The number of aliphatic hydroxyl groups excluding tert-OH is 6. The number of epoxide rings is 2. The van der Waals surface area contributed by atoms with Crippen molar-refractivity contribution in [2.24, 2.45) is 138 Å². The number of carbonyl (C=O) groups is 4. The average molecular weight is 1440 g/mol. The van der Waals surface area contributed by atoms with Gasteiger partial charge in [-0.05, 0) is 296 Å². The number of carbonyl (C=O) groups excluding carboxylic acids is 4. The molecule has 18 fully saturated rings. The molecule has 574 valence electrons. The topological polar surface area (TPSA) is 308 Å². The Labute approximate surface area is 604 Å². The first-order valence-electron chi connectivity index (χ1n) is 41.0. The molecule has 0 amide bonds. The number of rotatable bonds is 7. The third-order valence-corrected chi connectivity index (χ3v) is 35.0. The van der Waals surface area contributed by atoms with E-state index in [0.717, 1.165) is 145 Å². The quantitative estimate of drug-likeness (QED) is 0.0867. The molecule has 101 heavy (non-hydrogen) atoms. The van der Waals surface area contributed by atoms with Crippen LogP contribution in [0.5, 0.6) is 0 Å². The van der Waals surface area contributed by atoms with Crippen LogP contribution in [-0.4, -0.2) is 160 Å². The molecule has 18 nitrogen and oxygen atoms in total. The highest BCUT2D eigenvalue weighted by atomic mass is 32.3. The fourth-order valence-corrected chi connectivity index (χ4v) is 29.5. The molecule has 8 N–H and O–H groups in total. The lowest BCUT2D eigenvalue weighted by atomic mass is 9.44. The summed E-state index contributed by atoms with van der Waals surface area (Å²) in [5, 5.41) is 54.5. The summed E-state index contributed by atoms with van der Waals surface area (Å²) in [4.78, 5) is 49.8. The number of fused-ring (bicyclic) bond motifs is 23. The predicted molar refractivity (Wildman–Crippen MR) is 380 cm³/mol. The van der Waals surface area contributed by atoms with Gasteiger partial charge in [0, 0.05) is 47.3 Å². The Hall–Kier alpha value is -1.85. The molecule has 2 heterocycles. The normalized spacial score (nSPS) is 52.4. The van der Waals surface area contributed by atoms with Gasteiger partial charge in [-0.15, -0.1) is 0 Å². The minimum absolute atomic E-state index is 0.0119. The van der Waals surface area contributed by atoms with E-state index in [4.69, 9.17) is 56.9 Å². The molecule has 0 radical (unpaired) electrons. The Kier molecular flexibility index (Phi) is 22.3. The van der Waals surface area contributed by atoms with Crippen LogP contribution in [0.3, 0.4) is 0 Å². The average Bonchev–Trinajstić information content (AvgIpc) is 1.65. The van der Waals surface area contributed by atoms with E-state index < -0.39 is 22.6 Å². The van der Waals surface area contributed by atoms with E-state index in [1.165, 1.54) is 96.3 Å². The maximum Gasteiger partial charge on any atom is 0.394 e. The standard InChI is InChI=1S/2C21H34O4.2C19H28O2.C2H6O2.H2O4S/c1-20-10-8-17(23)19(25-12-11-22)16(20)4-3-13-14-5-6-18(24)21(14,2)9-7-15(13)20;1-20-8-7-16-14(15(20)5-6-19(20)24)4-3-13-11-17(23)18(25-10-9-22)12-21(13,16)2;1-18-10-8-15-17(21-15)14(18)4-3-11-12-5-6-16(20)19(12,2)9-7-13(11)18;1-18-8-7-14-12(13(18)5-6-17(18)20)4-3-11-9-15-16(21-15)10-19(11,14)2;3-1-2-4;1-5(2,3)4/h13-17,19,22-23H,3-12H2,1-2H3;13-18,22-23H,3-12H2,1-2H3;11-15,17H,3-10H2,1-2H3;11-16H,3-10H2,1-2H3;3-4H,1-2H2;(H2,1,2,3,4)/t13-,14-,15-,16-,17+,19+,20+,21-;13-,14-,15-,16-,17-,18+,20-,21-;11-,12-,13-,14-,15+,17-,18+,19-;11-,12-,13-,14-,15-,16+,18-,19-;;/m0000../s1. The molecule has 0 bridgehead atoms. The molecular formula is C82H132O18S. The zero-order valence-corrected chi connectivity index (χ0v) is 63.6. The fourth-order valence-electron chi connectivity index (χ4n) is 29.5. The van der Waals surface area contributed by atoms with E-state index in [1.807, 2.05) is 0 Å². The number of Topliss-reactive ketones (excluding diaryl/α,β-unsaturated/α-hetero) is 4. The maximum atomic E-state index is 12.5. The van der Waals surface area contributed by atoms with Crippen molar-refractivity contribution in [1.29, 1.82) is 0 Å². The molecule has 18 rings (SSSR count). The van der Waals surface area contributed by atoms with Crippen molar-refractivity contribution in [3.8, 4) is 0 Å². The first kappa shape index (κ1) is 77.3. The van der Waals surface area contributed by atoms with E-state index in [-0.39, 0.29) is 71.1 Å². The molecule has 2 aliphatic heterocycles. The molecule has 16 aliphatic carbocycles. The fraction of sp³-hybridized carbons (Fsp3) is 0.951. The van der Waals surface area contributed by atoms with Gasteiger partial charge in [0.05, 0.1) is 88.5 Å². The molecule has 0 spiro atoms. The first-order chi connectivity index (χ1) is 47.8. The highest BCUT2D eigenvalue weighted by Gasteiger charge is 2.68. The smallest absolute Gasteiger partial charge is 0.394 e. The van der Waals surface area contributed by atoms with E-state index in [9.17, 15) is 29.4 Å². The second kappa shape index (κ2) is 29.2. The van der Waals surface area contributed by atoms with Gasteiger partial charge in [-0.2, -0.15) is 8.42 Å². The zero-order valence-electron chi connectivity index (χ0n) is 62.8. The minimum atomic E-state index is -4.67. The third-order valence-electron chi connectivity index (χ3n) is 35.0. The summed E-state index contributed by atoms with van der Waals surface area (Å²) in [6.45, 7) is 19.5. The lowest BCUT2D eigenvalue weighted by molar-refractivity contribution is -0.189. The van der Waals surface area contributed by atoms with Gasteiger partial charge in [0.1, 0.15) is 23.1 Å². The van der Waals surface area contributed by atoms with Crippen molar-refractivity contribution in [2.75, 3.05) is 39.6 Å². The van der Waals surface area contributed by atoms with Crippen LogP contribution in [-0.2, 0) is 48.5 Å². The number of hydrogen-bond donors (Lipinski definition) is 8. The van der Waals surface area contributed by atoms with Gasteiger partial charge in [0.25, 0.3) is 0 Å². The van der Waals surface area contributed by atoms with E-state index >= 15 is 0 Å². The minimum Gasteiger partial charge on any atom is -0.394 e. The molecule has 18 aliphatic rings. The van der Waals surface area contributed by atoms with Crippen molar-refractivity contribution in [3.05, 3.63) is 0 Å². The SMILES string of the molecule is C[C@]12CC[C@@H](O)[C@H](OCCO)[C@@H]1CC[C@@H]1[C@@H]2CC[C@]2(C)C(=O)CC[C@@H]12.C[C@]12CC[C@H]3O[C@H]3[C@@H]1CC[C@@H]1[C@@H]2CC[C@]2(C)C(=O)CC[C@@H]12.C[C@]12C[C@@H](OCCO)[C@@H](O)C[C@@H]1CC[C@@H]1[C@@H]2CC[C@]2(C)C(=O)CC[C@@H]12.C[C@]12C[C@H]3O[C@H]3C[C@@H]1CC[C@@H]1[C@@H]2CC[C@]2(C)C(=O)CC[C@@H]12.O=S(=O)(O)O.OCCO. The van der Waals surface area contributed by atoms with Crippen LogP contribution in [0.2, 0.25) is 0 Å². The maximum absolute atomic E-state index is 12.5. The first-order valence-corrected chi connectivity index (χ1v) is 42.4. The van der Waals surface area contributed by atoms with Crippen molar-refractivity contribution in [2.45, 2.75) is 310 Å². The van der Waals surface area contributed by atoms with Crippen LogP contribution in [0.15, 0.2) is 0 Å². The Morgan fingerprint density at radius 3 is 1.21 bits per heavy atom. The lowest BCUT2D eigenvalue weighted by Crippen LogP contribution is -2.59. The van der Waals surface area contributed by atoms with E-state index in [0.29, 0.717) is 131 Å². The summed E-state index contributed by atoms with van der Waals surface area (Å²) >= 11 is 0. The summed E-state index contributed by atoms with van der Waals surface area (Å²) in [5.41, 5.74) is 1.37. The van der Waals surface area contributed by atoms with Crippen LogP contribution in [0, 0.1) is 138 Å². The third kappa shape index (κ3) is 13.7. The molecule has 16 saturated carbocycles. The van der Waals surface area contributed by atoms with E-state index in [1.54, 1.807) is 0 Å². The second-order valence-corrected chi connectivity index (χ2v) is 39.5. The molecular weight excluding hydrogens is 1300 g/mol. The van der Waals surface area contributed by atoms with Crippen LogP contribution in [0.4, 0.5) is 0 Å². The molecule has 0 unspecified atom stereocenters. The Morgan fingerprint density at radius 1 is 0.376 bits per heavy atom. The molecule has 0 aromatic carbocycles. The Bertz CT molecular complexity index is 3000. The van der Waals surface area contributed by atoms with Crippen molar-refractivity contribution >= 4 is 33.5 Å². The number of hydrogen-bond acceptors (Lipinski definition) is 16. The Balaban J connectivity index is 0.000000116. The van der Waals surface area contributed by atoms with Crippen LogP contribution in [0.1, 0.15) is 261 Å². The largest absolute Gasteiger partial charge is 0.394 e. The summed E-state index contributed by atoms with van der Waals surface area (Å²) in [6, 6.07) is 0. The van der Waals surface area contributed by atoms with Gasteiger partial charge in [0.2, 0.25) is 0 Å². The molecule has 32 atom stereocenters. The second-order valence-electron chi connectivity index (χ2n) is 38.6. The van der Waals surface area contributed by atoms with Gasteiger partial charge < -0.3 is 49.6 Å². The van der Waals surface area contributed by atoms with Gasteiger partial charge in [-0.25, -0.2) is 0 Å². The van der Waals surface area contributed by atoms with Gasteiger partial charge in [-0.1, -0.05) is 55.4 Å². The molecule has 2 saturated heterocycles. The summed E-state index contributed by atoms with van der Waals surface area (Å²) < 4.78 is 55.2. The highest BCUT2D eigenvalue weighted by Crippen LogP contribution is 2.72. The van der Waals surface area contributed by atoms with Crippen molar-refractivity contribution in [3.63, 3.8) is 0 Å². The zero-order chi connectivity index (χ0) is 72.4. The van der Waals surface area contributed by atoms with E-state index in [2.05, 4.69) is 55.4 Å². The molecule has 19 heteroatoms. The number of ether oxygens (including phenoxy) is 4. The number of aliphatic hydroxyl groups is 6. The number of ketones is 4. The summed E-state index contributed by atoms with van der Waals surface area (Å²) in [7, 11) is -4.67. The van der Waals surface area contributed by atoms with Gasteiger partial charge in [0.15, 0.2) is 0 Å². The monoisotopic (exact) mass is 1440 g/mol. The van der Waals surface area contributed by atoms with Crippen LogP contribution in [0.25, 0.3) is 0 Å². The molecule has 0 aromatic rings. The molecule has 0 aromatic heterocycles. The highest BCUT2D eigenvalue weighted by molar-refractivity contribution is 7.79. The Morgan fingerprint density at radius 2 is 0.762 bits per heavy atom. The predicted octanol–water partition coefficient (Wildman–Crippen LogP) is 12.2. The van der Waals surface area contributed by atoms with Crippen LogP contribution >= 0.6 is 0 Å². The van der Waals surface area contributed by atoms with Crippen molar-refractivity contribution < 1.29 is 86.3 Å². The summed E-state index contributed by atoms with van der Waals surface area (Å²) in [5.74, 6) is 13.4. The van der Waals surface area contributed by atoms with Gasteiger partial charge >= 0.3 is 10.4 Å². The van der Waals surface area contributed by atoms with Gasteiger partial charge in [-0.3, -0.25) is 28.3 Å².